The van der Waals surface area contributed by atoms with Gasteiger partial charge in [-0.2, -0.15) is 0 Å². The molecular formula is C125H80N8S. The minimum Gasteiger partial charge on any atom is -0.317 e. The van der Waals surface area contributed by atoms with Crippen molar-refractivity contribution in [3.8, 4) is 118 Å². The number of pyridine rings is 1. The van der Waals surface area contributed by atoms with Gasteiger partial charge in [-0.1, -0.05) is 394 Å². The maximum atomic E-state index is 5.27. The van der Waals surface area contributed by atoms with Gasteiger partial charge in [0.25, 0.3) is 0 Å². The number of fused-ring (bicyclic) bond motifs is 20. The minimum absolute atomic E-state index is 0.651. The maximum absolute atomic E-state index is 5.27. The predicted octanol–water partition coefficient (Wildman–Crippen LogP) is 33.3. The van der Waals surface area contributed by atoms with E-state index in [4.69, 9.17) is 24.9 Å². The standard InChI is InChI=1S/C49H31N.C40H26N4.C36H23N3S/c1-2-12-35(13-3-1)49-45-28-25-33-11-4-5-16-39(33)47(45)31-48(50-49)34-23-21-32(22-24-34)36-14-10-15-37(29-36)38-26-27-44-42-19-7-6-17-40(42)41-18-8-9-20-43(41)46(44)30-38;1-4-14-27(15-5-1)33-26-34(28-16-6-2-7-17-28)42-40(41-33)44-36-23-13-11-21-32(36)38-37(44)25-24-31-30-20-10-12-22-35(30)43(39(31)38)29-18-8-3-9-19-29;1-2-9-27(10-3-1)34-33-30-11-5-7-13-32(30)40-36(33)38-35(37-34)28-16-14-24(15-17-28)25-18-20-29(21-19-25)39-23-22-26-8-4-6-12-31(26)39/h1-31H;1-26H;1-23H. The van der Waals surface area contributed by atoms with Crippen LogP contribution in [0.4, 0.5) is 0 Å². The summed E-state index contributed by atoms with van der Waals surface area (Å²) in [4.78, 5) is 26.9. The summed E-state index contributed by atoms with van der Waals surface area (Å²) in [6.45, 7) is 0. The van der Waals surface area contributed by atoms with Gasteiger partial charge in [-0.25, -0.2) is 24.9 Å². The van der Waals surface area contributed by atoms with E-state index in [1.54, 1.807) is 11.3 Å². The molecule has 0 spiro atoms. The summed E-state index contributed by atoms with van der Waals surface area (Å²) < 4.78 is 8.09. The Hall–Kier alpha value is -17.6. The van der Waals surface area contributed by atoms with E-state index >= 15 is 0 Å². The number of para-hydroxylation sites is 4. The first-order valence-corrected chi connectivity index (χ1v) is 46.2. The molecule has 7 aromatic heterocycles. The van der Waals surface area contributed by atoms with E-state index in [0.717, 1.165) is 100 Å². The average molecular weight is 1730 g/mol. The monoisotopic (exact) mass is 1720 g/mol. The van der Waals surface area contributed by atoms with Crippen LogP contribution in [0.3, 0.4) is 0 Å². The molecule has 27 rings (SSSR count). The molecule has 0 aliphatic heterocycles. The van der Waals surface area contributed by atoms with Crippen LogP contribution < -0.4 is 0 Å². The lowest BCUT2D eigenvalue weighted by Crippen LogP contribution is -2.04. The zero-order valence-electron chi connectivity index (χ0n) is 72.7. The van der Waals surface area contributed by atoms with Crippen molar-refractivity contribution in [2.24, 2.45) is 0 Å². The van der Waals surface area contributed by atoms with Crippen LogP contribution in [-0.2, 0) is 0 Å². The molecule has 0 aliphatic rings. The number of rotatable bonds is 12. The normalized spacial score (nSPS) is 11.6. The van der Waals surface area contributed by atoms with E-state index in [9.17, 15) is 0 Å². The zero-order chi connectivity index (χ0) is 88.5. The molecule has 0 N–H and O–H groups in total. The Morgan fingerprint density at radius 1 is 0.194 bits per heavy atom. The molecule has 27 aromatic rings. The summed E-state index contributed by atoms with van der Waals surface area (Å²) in [6, 6.07) is 170. The van der Waals surface area contributed by atoms with E-state index in [2.05, 4.69) is 481 Å². The molecule has 0 bridgehead atoms. The summed E-state index contributed by atoms with van der Waals surface area (Å²) in [6.07, 6.45) is 2.13. The van der Waals surface area contributed by atoms with Crippen molar-refractivity contribution < 1.29 is 0 Å². The largest absolute Gasteiger partial charge is 0.317 e. The van der Waals surface area contributed by atoms with Gasteiger partial charge in [0.1, 0.15) is 4.83 Å². The Labute approximate surface area is 776 Å². The lowest BCUT2D eigenvalue weighted by Gasteiger charge is -2.13. The Kier molecular flexibility index (Phi) is 19.6. The van der Waals surface area contributed by atoms with Crippen LogP contribution in [0.15, 0.2) is 485 Å². The smallest absolute Gasteiger partial charge is 0.235 e. The first-order valence-electron chi connectivity index (χ1n) is 45.4. The highest BCUT2D eigenvalue weighted by Crippen LogP contribution is 2.46. The first-order chi connectivity index (χ1) is 66.4. The summed E-state index contributed by atoms with van der Waals surface area (Å²) in [7, 11) is 0. The molecule has 0 unspecified atom stereocenters. The highest BCUT2D eigenvalue weighted by molar-refractivity contribution is 7.25. The Morgan fingerprint density at radius 3 is 1.28 bits per heavy atom. The van der Waals surface area contributed by atoms with Crippen LogP contribution in [0.5, 0.6) is 0 Å². The molecule has 626 valence electrons. The van der Waals surface area contributed by atoms with Gasteiger partial charge in [0.15, 0.2) is 5.82 Å². The van der Waals surface area contributed by atoms with Gasteiger partial charge in [-0.3, -0.25) is 4.57 Å². The molecule has 8 nitrogen and oxygen atoms in total. The SMILES string of the molecule is c1ccc(-c2cc(-c3ccccc3)nc(-n3c4ccccc4c4c3ccc3c5ccccc5n(-c5ccccc5)c34)n2)cc1.c1ccc(-c2nc(-c3ccc(-c4ccc(-n5ccc6ccccc65)cc4)cc3)nc3sc4ccccc4c23)cc1.c1ccc(-c2nc(-c3ccc(-c4cccc(-c5ccc6c7ccccc7c7ccccc7c6c5)c4)cc3)cc3c2ccc2ccccc23)cc1. The van der Waals surface area contributed by atoms with Gasteiger partial charge >= 0.3 is 0 Å². The van der Waals surface area contributed by atoms with Crippen molar-refractivity contribution in [2.75, 3.05) is 0 Å². The fourth-order valence-corrected chi connectivity index (χ4v) is 21.0. The van der Waals surface area contributed by atoms with Crippen LogP contribution in [0, 0.1) is 0 Å². The van der Waals surface area contributed by atoms with Crippen LogP contribution in [0.25, 0.3) is 247 Å². The highest BCUT2D eigenvalue weighted by Gasteiger charge is 2.25. The van der Waals surface area contributed by atoms with E-state index < -0.39 is 0 Å². The van der Waals surface area contributed by atoms with Crippen molar-refractivity contribution in [1.82, 2.24) is 38.6 Å². The Morgan fingerprint density at radius 2 is 0.627 bits per heavy atom. The van der Waals surface area contributed by atoms with Gasteiger partial charge in [-0.15, -0.1) is 11.3 Å². The number of hydrogen-bond acceptors (Lipinski definition) is 6. The van der Waals surface area contributed by atoms with E-state index in [1.807, 2.05) is 18.2 Å². The fraction of sp³-hybridized carbons (Fsp3) is 0. The second-order valence-corrected chi connectivity index (χ2v) is 35.1. The third-order valence-corrected chi connectivity index (χ3v) is 27.4. The molecule has 7 heterocycles. The third-order valence-electron chi connectivity index (χ3n) is 26.3. The summed E-state index contributed by atoms with van der Waals surface area (Å²) >= 11 is 1.73. The molecule has 0 fully saturated rings. The number of nitrogens with zero attached hydrogens (tertiary/aromatic N) is 8. The summed E-state index contributed by atoms with van der Waals surface area (Å²) in [5.74, 6) is 1.40. The maximum Gasteiger partial charge on any atom is 0.235 e. The number of aromatic nitrogens is 8. The molecule has 0 atom stereocenters. The number of benzene rings is 20. The molecule has 0 saturated heterocycles. The third kappa shape index (κ3) is 14.1. The lowest BCUT2D eigenvalue weighted by molar-refractivity contribution is 0.996. The Balaban J connectivity index is 0.000000108. The van der Waals surface area contributed by atoms with Crippen molar-refractivity contribution in [2.45, 2.75) is 0 Å². The molecule has 20 aromatic carbocycles. The van der Waals surface area contributed by atoms with Gasteiger partial charge in [0.05, 0.1) is 56.1 Å². The quantitative estimate of drug-likeness (QED) is 0.114. The van der Waals surface area contributed by atoms with Gasteiger partial charge in [-0.05, 0) is 172 Å². The molecule has 0 radical (unpaired) electrons. The second kappa shape index (κ2) is 33.5. The van der Waals surface area contributed by atoms with Crippen LogP contribution in [0.2, 0.25) is 0 Å². The van der Waals surface area contributed by atoms with E-state index in [-0.39, 0.29) is 0 Å². The van der Waals surface area contributed by atoms with Crippen molar-refractivity contribution in [1.29, 1.82) is 0 Å². The molecular weight excluding hydrogens is 1650 g/mol. The van der Waals surface area contributed by atoms with Crippen molar-refractivity contribution in [3.63, 3.8) is 0 Å². The van der Waals surface area contributed by atoms with Gasteiger partial charge in [0, 0.05) is 93.4 Å². The van der Waals surface area contributed by atoms with Gasteiger partial charge in [0.2, 0.25) is 5.95 Å². The molecule has 0 amide bonds. The average Bonchev–Trinajstić information content (AvgIpc) is 1.39. The number of hydrogen-bond donors (Lipinski definition) is 0. The fourth-order valence-electron chi connectivity index (χ4n) is 19.9. The summed E-state index contributed by atoms with van der Waals surface area (Å²) in [5, 5.41) is 21.0. The van der Waals surface area contributed by atoms with Gasteiger partial charge < -0.3 is 9.13 Å². The van der Waals surface area contributed by atoms with Crippen molar-refractivity contribution in [3.05, 3.63) is 485 Å². The molecule has 0 saturated carbocycles. The molecule has 134 heavy (non-hydrogen) atoms. The Bertz CT molecular complexity index is 9120. The number of thiophene rings is 1. The molecule has 9 heteroatoms. The first kappa shape index (κ1) is 78.6. The highest BCUT2D eigenvalue weighted by atomic mass is 32.1. The van der Waals surface area contributed by atoms with Crippen LogP contribution in [0.1, 0.15) is 0 Å². The van der Waals surface area contributed by atoms with E-state index in [0.29, 0.717) is 5.95 Å². The lowest BCUT2D eigenvalue weighted by atomic mass is 9.91. The van der Waals surface area contributed by atoms with Crippen LogP contribution in [-0.4, -0.2) is 38.6 Å². The minimum atomic E-state index is 0.651. The zero-order valence-corrected chi connectivity index (χ0v) is 73.5. The van der Waals surface area contributed by atoms with E-state index in [1.165, 1.54) is 141 Å². The van der Waals surface area contributed by atoms with Crippen molar-refractivity contribution >= 4 is 140 Å². The second-order valence-electron chi connectivity index (χ2n) is 34.1. The molecule has 0 aliphatic carbocycles. The predicted molar refractivity (Wildman–Crippen MR) is 563 cm³/mol. The summed E-state index contributed by atoms with van der Waals surface area (Å²) in [5.41, 5.74) is 26.4. The topological polar surface area (TPSA) is 79.2 Å². The van der Waals surface area contributed by atoms with Crippen LogP contribution >= 0.6 is 11.3 Å².